The first-order chi connectivity index (χ1) is 10.0. The van der Waals surface area contributed by atoms with E-state index in [1.54, 1.807) is 12.0 Å². The number of para-hydroxylation sites is 1. The van der Waals surface area contributed by atoms with Crippen LogP contribution >= 0.6 is 0 Å². The summed E-state index contributed by atoms with van der Waals surface area (Å²) < 4.78 is 10.6. The Kier molecular flexibility index (Phi) is 5.07. The van der Waals surface area contributed by atoms with Crippen LogP contribution in [0.1, 0.15) is 19.4 Å². The second kappa shape index (κ2) is 6.80. The molecule has 21 heavy (non-hydrogen) atoms. The van der Waals surface area contributed by atoms with E-state index in [0.717, 1.165) is 11.3 Å². The van der Waals surface area contributed by atoms with E-state index in [-0.39, 0.29) is 11.6 Å². The summed E-state index contributed by atoms with van der Waals surface area (Å²) in [6, 6.07) is 7.87. The van der Waals surface area contributed by atoms with Crippen molar-refractivity contribution in [3.8, 4) is 5.75 Å². The quantitative estimate of drug-likeness (QED) is 0.924. The Morgan fingerprint density at radius 3 is 2.67 bits per heavy atom. The predicted molar refractivity (Wildman–Crippen MR) is 81.7 cm³/mol. The Labute approximate surface area is 126 Å². The van der Waals surface area contributed by atoms with Gasteiger partial charge in [-0.3, -0.25) is 0 Å². The number of hydrogen-bond donors (Lipinski definition) is 1. The van der Waals surface area contributed by atoms with E-state index in [1.165, 1.54) is 0 Å². The molecule has 0 aromatic heterocycles. The maximum absolute atomic E-state index is 12.3. The lowest BCUT2D eigenvalue weighted by Crippen LogP contribution is -2.53. The van der Waals surface area contributed by atoms with Crippen LogP contribution < -0.4 is 10.1 Å². The third-order valence-corrected chi connectivity index (χ3v) is 3.57. The number of amides is 2. The molecule has 1 aromatic carbocycles. The highest BCUT2D eigenvalue weighted by molar-refractivity contribution is 5.75. The molecule has 0 aliphatic carbocycles. The number of carbonyl (C=O) groups is 1. The lowest BCUT2D eigenvalue weighted by atomic mass is 9.94. The Hall–Kier alpha value is -1.75. The first-order valence-corrected chi connectivity index (χ1v) is 7.28. The second-order valence-electron chi connectivity index (χ2n) is 5.90. The van der Waals surface area contributed by atoms with Crippen LogP contribution in [-0.2, 0) is 11.2 Å². The molecule has 116 valence electrons. The highest BCUT2D eigenvalue weighted by atomic mass is 16.5. The van der Waals surface area contributed by atoms with Crippen LogP contribution in [0.3, 0.4) is 0 Å². The van der Waals surface area contributed by atoms with Gasteiger partial charge in [-0.25, -0.2) is 4.79 Å². The highest BCUT2D eigenvalue weighted by Gasteiger charge is 2.26. The Morgan fingerprint density at radius 1 is 1.33 bits per heavy atom. The molecule has 0 spiro atoms. The number of benzene rings is 1. The summed E-state index contributed by atoms with van der Waals surface area (Å²) in [5.41, 5.74) is 0.747. The van der Waals surface area contributed by atoms with E-state index < -0.39 is 0 Å². The van der Waals surface area contributed by atoms with E-state index >= 15 is 0 Å². The van der Waals surface area contributed by atoms with E-state index in [4.69, 9.17) is 9.47 Å². The molecule has 2 rings (SSSR count). The van der Waals surface area contributed by atoms with Crippen LogP contribution in [0.4, 0.5) is 4.79 Å². The maximum Gasteiger partial charge on any atom is 0.317 e. The molecule has 0 bridgehead atoms. The van der Waals surface area contributed by atoms with Gasteiger partial charge in [-0.1, -0.05) is 18.2 Å². The van der Waals surface area contributed by atoms with Gasteiger partial charge < -0.3 is 19.7 Å². The van der Waals surface area contributed by atoms with E-state index in [2.05, 4.69) is 5.32 Å². The molecular formula is C16H24N2O3. The average Bonchev–Trinajstić information content (AvgIpc) is 2.47. The summed E-state index contributed by atoms with van der Waals surface area (Å²) >= 11 is 0. The van der Waals surface area contributed by atoms with Gasteiger partial charge in [0.1, 0.15) is 5.75 Å². The number of carbonyl (C=O) groups excluding carboxylic acids is 1. The first kappa shape index (κ1) is 15.6. The van der Waals surface area contributed by atoms with Gasteiger partial charge in [0.25, 0.3) is 0 Å². The largest absolute Gasteiger partial charge is 0.496 e. The van der Waals surface area contributed by atoms with Crippen molar-refractivity contribution in [3.05, 3.63) is 29.8 Å². The van der Waals surface area contributed by atoms with Gasteiger partial charge in [0.15, 0.2) is 0 Å². The lowest BCUT2D eigenvalue weighted by Gasteiger charge is -2.33. The molecule has 0 radical (unpaired) electrons. The van der Waals surface area contributed by atoms with Gasteiger partial charge in [-0.15, -0.1) is 0 Å². The van der Waals surface area contributed by atoms with Gasteiger partial charge in [-0.2, -0.15) is 0 Å². The summed E-state index contributed by atoms with van der Waals surface area (Å²) in [4.78, 5) is 14.1. The number of rotatable bonds is 4. The van der Waals surface area contributed by atoms with Crippen LogP contribution in [-0.4, -0.2) is 49.9 Å². The van der Waals surface area contributed by atoms with Crippen molar-refractivity contribution in [3.63, 3.8) is 0 Å². The fourth-order valence-corrected chi connectivity index (χ4v) is 2.50. The van der Waals surface area contributed by atoms with E-state index in [1.807, 2.05) is 38.1 Å². The zero-order valence-corrected chi connectivity index (χ0v) is 13.0. The summed E-state index contributed by atoms with van der Waals surface area (Å²) in [6.07, 6.45) is 0.715. The van der Waals surface area contributed by atoms with Crippen molar-refractivity contribution in [2.75, 3.05) is 33.4 Å². The highest BCUT2D eigenvalue weighted by Crippen LogP contribution is 2.22. The van der Waals surface area contributed by atoms with Crippen molar-refractivity contribution in [2.24, 2.45) is 0 Å². The smallest absolute Gasteiger partial charge is 0.317 e. The minimum atomic E-state index is -0.343. The molecule has 1 aliphatic rings. The molecule has 0 atom stereocenters. The maximum atomic E-state index is 12.3. The number of hydrogen-bond acceptors (Lipinski definition) is 3. The average molecular weight is 292 g/mol. The molecule has 1 N–H and O–H groups in total. The molecule has 5 nitrogen and oxygen atoms in total. The fraction of sp³-hybridized carbons (Fsp3) is 0.562. The minimum absolute atomic E-state index is 0.0294. The standard InChI is InChI=1S/C16H24N2O3/c1-16(2,12-13-6-4-5-7-14(13)20-3)17-15(19)18-8-10-21-11-9-18/h4-7H,8-12H2,1-3H3,(H,17,19). The number of ether oxygens (including phenoxy) is 2. The van der Waals surface area contributed by atoms with Crippen LogP contribution in [0.2, 0.25) is 0 Å². The van der Waals surface area contributed by atoms with Crippen molar-refractivity contribution >= 4 is 6.03 Å². The molecule has 0 unspecified atom stereocenters. The molecule has 1 aliphatic heterocycles. The number of methoxy groups -OCH3 is 1. The van der Waals surface area contributed by atoms with Gasteiger partial charge in [0.05, 0.1) is 20.3 Å². The number of urea groups is 1. The van der Waals surface area contributed by atoms with Crippen molar-refractivity contribution < 1.29 is 14.3 Å². The molecule has 0 saturated carbocycles. The van der Waals surface area contributed by atoms with Gasteiger partial charge >= 0.3 is 6.03 Å². The van der Waals surface area contributed by atoms with Crippen LogP contribution in [0, 0.1) is 0 Å². The van der Waals surface area contributed by atoms with Gasteiger partial charge in [-0.05, 0) is 31.9 Å². The summed E-state index contributed by atoms with van der Waals surface area (Å²) in [6.45, 7) is 6.57. The van der Waals surface area contributed by atoms with Gasteiger partial charge in [0.2, 0.25) is 0 Å². The number of nitrogens with zero attached hydrogens (tertiary/aromatic N) is 1. The SMILES string of the molecule is COc1ccccc1CC(C)(C)NC(=O)N1CCOCC1. The molecule has 2 amide bonds. The molecule has 1 saturated heterocycles. The van der Waals surface area contributed by atoms with Crippen molar-refractivity contribution in [2.45, 2.75) is 25.8 Å². The summed E-state index contributed by atoms with van der Waals surface area (Å²) in [7, 11) is 1.66. The predicted octanol–water partition coefficient (Wildman–Crippen LogP) is 2.06. The van der Waals surface area contributed by atoms with Gasteiger partial charge in [0, 0.05) is 18.6 Å². The third-order valence-electron chi connectivity index (χ3n) is 3.57. The van der Waals surface area contributed by atoms with Crippen molar-refractivity contribution in [1.29, 1.82) is 0 Å². The normalized spacial score (nSPS) is 15.7. The second-order valence-corrected chi connectivity index (χ2v) is 5.90. The molecule has 1 heterocycles. The fourth-order valence-electron chi connectivity index (χ4n) is 2.50. The van der Waals surface area contributed by atoms with E-state index in [9.17, 15) is 4.79 Å². The molecule has 1 fully saturated rings. The number of nitrogens with one attached hydrogen (secondary N) is 1. The zero-order chi connectivity index (χ0) is 15.3. The lowest BCUT2D eigenvalue weighted by molar-refractivity contribution is 0.0514. The molecular weight excluding hydrogens is 268 g/mol. The molecule has 5 heteroatoms. The van der Waals surface area contributed by atoms with Crippen LogP contribution in [0.25, 0.3) is 0 Å². The first-order valence-electron chi connectivity index (χ1n) is 7.28. The van der Waals surface area contributed by atoms with Crippen molar-refractivity contribution in [1.82, 2.24) is 10.2 Å². The zero-order valence-electron chi connectivity index (χ0n) is 13.0. The van der Waals surface area contributed by atoms with E-state index in [0.29, 0.717) is 32.7 Å². The molecule has 1 aromatic rings. The Morgan fingerprint density at radius 2 is 2.00 bits per heavy atom. The topological polar surface area (TPSA) is 50.8 Å². The summed E-state index contributed by atoms with van der Waals surface area (Å²) in [5.74, 6) is 0.853. The summed E-state index contributed by atoms with van der Waals surface area (Å²) in [5, 5.41) is 3.10. The number of morpholine rings is 1. The van der Waals surface area contributed by atoms with Crippen LogP contribution in [0.5, 0.6) is 5.75 Å². The monoisotopic (exact) mass is 292 g/mol. The Balaban J connectivity index is 1.99. The van der Waals surface area contributed by atoms with Crippen LogP contribution in [0.15, 0.2) is 24.3 Å². The third kappa shape index (κ3) is 4.36. The minimum Gasteiger partial charge on any atom is -0.496 e. The Bertz CT molecular complexity index is 482.